The van der Waals surface area contributed by atoms with E-state index in [1.165, 1.54) is 25.9 Å². The Balaban J connectivity index is 1.26. The minimum absolute atomic E-state index is 0.302. The number of rotatable bonds is 7. The van der Waals surface area contributed by atoms with E-state index in [-0.39, 0.29) is 0 Å². The number of nitrogens with one attached hydrogen (secondary N) is 1. The lowest BCUT2D eigenvalue weighted by atomic mass is 9.93. The molecule has 2 aromatic heterocycles. The highest BCUT2D eigenvalue weighted by Crippen LogP contribution is 2.28. The maximum absolute atomic E-state index is 12.7. The van der Waals surface area contributed by atoms with Crippen LogP contribution in [0.1, 0.15) is 57.1 Å². The lowest BCUT2D eigenvalue weighted by Gasteiger charge is -2.32. The summed E-state index contributed by atoms with van der Waals surface area (Å²) >= 11 is 0. The van der Waals surface area contributed by atoms with Crippen LogP contribution in [0.4, 0.5) is 11.6 Å². The summed E-state index contributed by atoms with van der Waals surface area (Å²) in [5, 5.41) is 3.21. The molecule has 1 amide bonds. The molecule has 0 spiro atoms. The highest BCUT2D eigenvalue weighted by molar-refractivity contribution is 5.76. The molecule has 2 aromatic rings. The molecular weight excluding hydrogens is 376 g/mol. The van der Waals surface area contributed by atoms with Gasteiger partial charge in [-0.15, -0.1) is 0 Å². The summed E-state index contributed by atoms with van der Waals surface area (Å²) in [5.41, 5.74) is 0.991. The predicted molar refractivity (Wildman–Crippen MR) is 118 cm³/mol. The summed E-state index contributed by atoms with van der Waals surface area (Å²) in [6.45, 7) is 6.25. The standard InChI is InChI=1S/C23H32N6O/c1-18(28-12-4-5-13-28)7-8-23(30)29-14-9-19(10-15-29)20-16-24-17-22(26-20)27-21-6-2-3-11-25-21/h2-3,6,11,16-19H,4-5,7-10,12-15H2,1H3,(H,25,26,27). The Bertz CT molecular complexity index is 815. The molecule has 160 valence electrons. The fraction of sp³-hybridized carbons (Fsp3) is 0.565. The van der Waals surface area contributed by atoms with Gasteiger partial charge >= 0.3 is 0 Å². The van der Waals surface area contributed by atoms with Crippen LogP contribution in [-0.4, -0.2) is 62.9 Å². The molecule has 0 aromatic carbocycles. The number of hydrogen-bond acceptors (Lipinski definition) is 6. The van der Waals surface area contributed by atoms with Gasteiger partial charge < -0.3 is 15.1 Å². The first-order valence-electron chi connectivity index (χ1n) is 11.2. The maximum Gasteiger partial charge on any atom is 0.222 e. The van der Waals surface area contributed by atoms with Gasteiger partial charge in [0.05, 0.1) is 11.9 Å². The molecule has 7 nitrogen and oxygen atoms in total. The monoisotopic (exact) mass is 408 g/mol. The topological polar surface area (TPSA) is 74.2 Å². The Morgan fingerprint density at radius 2 is 1.93 bits per heavy atom. The summed E-state index contributed by atoms with van der Waals surface area (Å²) in [5.74, 6) is 2.11. The second-order valence-electron chi connectivity index (χ2n) is 8.45. The minimum Gasteiger partial charge on any atom is -0.343 e. The van der Waals surface area contributed by atoms with Crippen LogP contribution in [0.5, 0.6) is 0 Å². The van der Waals surface area contributed by atoms with Crippen LogP contribution in [0.3, 0.4) is 0 Å². The van der Waals surface area contributed by atoms with Gasteiger partial charge in [-0.05, 0) is 64.3 Å². The van der Waals surface area contributed by atoms with Crippen LogP contribution >= 0.6 is 0 Å². The number of carbonyl (C=O) groups excluding carboxylic acids is 1. The van der Waals surface area contributed by atoms with Gasteiger partial charge in [0.2, 0.25) is 5.91 Å². The van der Waals surface area contributed by atoms with Crippen molar-refractivity contribution in [1.29, 1.82) is 0 Å². The van der Waals surface area contributed by atoms with Gasteiger partial charge in [-0.3, -0.25) is 9.78 Å². The number of carbonyl (C=O) groups is 1. The molecule has 1 N–H and O–H groups in total. The van der Waals surface area contributed by atoms with Crippen molar-refractivity contribution in [3.05, 3.63) is 42.5 Å². The third-order valence-electron chi connectivity index (χ3n) is 6.38. The molecule has 2 aliphatic rings. The van der Waals surface area contributed by atoms with Crippen LogP contribution in [0.15, 0.2) is 36.8 Å². The van der Waals surface area contributed by atoms with Crippen LogP contribution in [0, 0.1) is 0 Å². The summed E-state index contributed by atoms with van der Waals surface area (Å²) in [4.78, 5) is 30.6. The van der Waals surface area contributed by atoms with Gasteiger partial charge in [-0.1, -0.05) is 6.07 Å². The second kappa shape index (κ2) is 9.98. The molecule has 2 fully saturated rings. The first-order valence-corrected chi connectivity index (χ1v) is 11.2. The van der Waals surface area contributed by atoms with E-state index in [4.69, 9.17) is 4.98 Å². The van der Waals surface area contributed by atoms with Crippen molar-refractivity contribution < 1.29 is 4.79 Å². The molecule has 0 saturated carbocycles. The van der Waals surface area contributed by atoms with Crippen molar-refractivity contribution >= 4 is 17.5 Å². The number of anilines is 2. The molecule has 2 aliphatic heterocycles. The summed E-state index contributed by atoms with van der Waals surface area (Å²) in [6, 6.07) is 6.24. The third kappa shape index (κ3) is 5.33. The molecule has 4 heterocycles. The summed E-state index contributed by atoms with van der Waals surface area (Å²) in [6.07, 6.45) is 11.4. The van der Waals surface area contributed by atoms with Gasteiger partial charge in [0.15, 0.2) is 0 Å². The largest absolute Gasteiger partial charge is 0.343 e. The lowest BCUT2D eigenvalue weighted by molar-refractivity contribution is -0.132. The zero-order valence-electron chi connectivity index (χ0n) is 17.8. The number of hydrogen-bond donors (Lipinski definition) is 1. The van der Waals surface area contributed by atoms with Crippen LogP contribution in [0.25, 0.3) is 0 Å². The molecule has 1 unspecified atom stereocenters. The van der Waals surface area contributed by atoms with Crippen molar-refractivity contribution in [2.45, 2.75) is 57.4 Å². The van der Waals surface area contributed by atoms with Gasteiger partial charge in [0.1, 0.15) is 11.6 Å². The van der Waals surface area contributed by atoms with E-state index in [1.54, 1.807) is 12.4 Å². The van der Waals surface area contributed by atoms with Crippen molar-refractivity contribution in [1.82, 2.24) is 24.8 Å². The Morgan fingerprint density at radius 1 is 1.13 bits per heavy atom. The van der Waals surface area contributed by atoms with E-state index in [1.807, 2.05) is 29.3 Å². The lowest BCUT2D eigenvalue weighted by Crippen LogP contribution is -2.39. The van der Waals surface area contributed by atoms with Gasteiger partial charge in [0, 0.05) is 43.9 Å². The second-order valence-corrected chi connectivity index (χ2v) is 8.45. The highest BCUT2D eigenvalue weighted by Gasteiger charge is 2.26. The Morgan fingerprint density at radius 3 is 2.67 bits per heavy atom. The number of likely N-dealkylation sites (tertiary alicyclic amines) is 2. The number of nitrogens with zero attached hydrogens (tertiary/aromatic N) is 5. The Labute approximate surface area is 178 Å². The SMILES string of the molecule is CC(CCC(=O)N1CCC(c2cncc(Nc3ccccn3)n2)CC1)N1CCCC1. The van der Waals surface area contributed by atoms with Crippen LogP contribution in [-0.2, 0) is 4.79 Å². The molecule has 4 rings (SSSR count). The van der Waals surface area contributed by atoms with Crippen LogP contribution < -0.4 is 5.32 Å². The fourth-order valence-electron chi connectivity index (χ4n) is 4.49. The van der Waals surface area contributed by atoms with Crippen LogP contribution in [0.2, 0.25) is 0 Å². The van der Waals surface area contributed by atoms with Gasteiger partial charge in [-0.25, -0.2) is 9.97 Å². The smallest absolute Gasteiger partial charge is 0.222 e. The van der Waals surface area contributed by atoms with Crippen molar-refractivity contribution in [3.63, 3.8) is 0 Å². The zero-order valence-corrected chi connectivity index (χ0v) is 17.8. The average molecular weight is 409 g/mol. The highest BCUT2D eigenvalue weighted by atomic mass is 16.2. The quantitative estimate of drug-likeness (QED) is 0.755. The summed E-state index contributed by atoms with van der Waals surface area (Å²) < 4.78 is 0. The van der Waals surface area contributed by atoms with Crippen molar-refractivity contribution in [2.24, 2.45) is 0 Å². The van der Waals surface area contributed by atoms with E-state index in [9.17, 15) is 4.79 Å². The average Bonchev–Trinajstić information content (AvgIpc) is 3.33. The maximum atomic E-state index is 12.7. The third-order valence-corrected chi connectivity index (χ3v) is 6.38. The number of amides is 1. The fourth-order valence-corrected chi connectivity index (χ4v) is 4.49. The number of pyridine rings is 1. The molecule has 2 saturated heterocycles. The summed E-state index contributed by atoms with van der Waals surface area (Å²) in [7, 11) is 0. The van der Waals surface area contributed by atoms with Crippen molar-refractivity contribution in [3.8, 4) is 0 Å². The normalized spacial score (nSPS) is 19.0. The zero-order chi connectivity index (χ0) is 20.8. The molecule has 7 heteroatoms. The van der Waals surface area contributed by atoms with E-state index in [2.05, 4.69) is 27.1 Å². The minimum atomic E-state index is 0.302. The molecule has 1 atom stereocenters. The van der Waals surface area contributed by atoms with Crippen molar-refractivity contribution in [2.75, 3.05) is 31.5 Å². The first-order chi connectivity index (χ1) is 14.7. The predicted octanol–water partition coefficient (Wildman–Crippen LogP) is 3.59. The molecule has 0 bridgehead atoms. The van der Waals surface area contributed by atoms with E-state index < -0.39 is 0 Å². The number of piperidine rings is 1. The Kier molecular flexibility index (Phi) is 6.89. The molecular formula is C23H32N6O. The van der Waals surface area contributed by atoms with E-state index in [0.717, 1.165) is 43.9 Å². The van der Waals surface area contributed by atoms with E-state index >= 15 is 0 Å². The molecule has 0 radical (unpaired) electrons. The first kappa shape index (κ1) is 20.7. The molecule has 30 heavy (non-hydrogen) atoms. The van der Waals surface area contributed by atoms with E-state index in [0.29, 0.717) is 30.1 Å². The number of aromatic nitrogens is 3. The Hall–Kier alpha value is -2.54. The molecule has 0 aliphatic carbocycles. The van der Waals surface area contributed by atoms with Gasteiger partial charge in [0.25, 0.3) is 0 Å². The van der Waals surface area contributed by atoms with Gasteiger partial charge in [-0.2, -0.15) is 0 Å².